The van der Waals surface area contributed by atoms with E-state index in [1.54, 1.807) is 24.0 Å². The van der Waals surface area contributed by atoms with E-state index in [4.69, 9.17) is 34.8 Å². The van der Waals surface area contributed by atoms with Crippen LogP contribution in [0.5, 0.6) is 0 Å². The molecule has 1 fully saturated rings. The number of amides is 2. The summed E-state index contributed by atoms with van der Waals surface area (Å²) in [4.78, 5) is 27.9. The molecule has 8 heteroatoms. The van der Waals surface area contributed by atoms with Crippen molar-refractivity contribution < 1.29 is 9.59 Å². The van der Waals surface area contributed by atoms with E-state index in [0.717, 1.165) is 36.8 Å². The number of carbonyl (C=O) groups excluding carboxylic acids is 2. The molecule has 0 bridgehead atoms. The van der Waals surface area contributed by atoms with Crippen molar-refractivity contribution in [3.8, 4) is 0 Å². The first-order valence-electron chi connectivity index (χ1n) is 11.2. The Morgan fingerprint density at radius 1 is 1.03 bits per heavy atom. The highest BCUT2D eigenvalue weighted by Gasteiger charge is 2.28. The quantitative estimate of drug-likeness (QED) is 0.392. The number of halogens is 3. The maximum Gasteiger partial charge on any atom is 0.242 e. The molecule has 1 aliphatic carbocycles. The Balaban J connectivity index is 1.68. The average Bonchev–Trinajstić information content (AvgIpc) is 2.81. The normalized spacial score (nSPS) is 15.2. The van der Waals surface area contributed by atoms with Crippen LogP contribution in [0, 0.1) is 0 Å². The Morgan fingerprint density at radius 3 is 2.45 bits per heavy atom. The molecule has 178 valence electrons. The molecule has 3 rings (SSSR count). The van der Waals surface area contributed by atoms with Crippen molar-refractivity contribution in [1.29, 1.82) is 0 Å². The summed E-state index contributed by atoms with van der Waals surface area (Å²) < 4.78 is 0. The summed E-state index contributed by atoms with van der Waals surface area (Å²) in [6.45, 7) is 2.06. The van der Waals surface area contributed by atoms with E-state index >= 15 is 0 Å². The minimum Gasteiger partial charge on any atom is -0.352 e. The van der Waals surface area contributed by atoms with Gasteiger partial charge < -0.3 is 10.2 Å². The van der Waals surface area contributed by atoms with Crippen molar-refractivity contribution in [3.63, 3.8) is 0 Å². The van der Waals surface area contributed by atoms with Crippen molar-refractivity contribution in [1.82, 2.24) is 10.2 Å². The number of hydrogen-bond donors (Lipinski definition) is 1. The van der Waals surface area contributed by atoms with Crippen LogP contribution in [0.4, 0.5) is 0 Å². The maximum absolute atomic E-state index is 13.2. The van der Waals surface area contributed by atoms with Crippen LogP contribution < -0.4 is 5.32 Å². The van der Waals surface area contributed by atoms with Gasteiger partial charge in [-0.05, 0) is 49.1 Å². The lowest BCUT2D eigenvalue weighted by atomic mass is 9.95. The van der Waals surface area contributed by atoms with Gasteiger partial charge in [0, 0.05) is 23.4 Å². The van der Waals surface area contributed by atoms with Gasteiger partial charge in [0.2, 0.25) is 11.8 Å². The molecular formula is C25H29Cl3N2O2S. The number of rotatable bonds is 9. The van der Waals surface area contributed by atoms with Gasteiger partial charge in [0.1, 0.15) is 6.04 Å². The highest BCUT2D eigenvalue weighted by atomic mass is 35.5. The highest BCUT2D eigenvalue weighted by molar-refractivity contribution is 7.99. The standard InChI is InChI=1S/C25H29Cl3N2O2S/c1-17(25(32)29-20-8-3-2-4-9-20)30(14-18-11-12-22(27)23(28)13-18)24(31)16-33-15-19-7-5-6-10-21(19)26/h5-7,10-13,17,20H,2-4,8-9,14-16H2,1H3,(H,29,32)/t17-/m1/s1. The molecule has 2 aromatic carbocycles. The van der Waals surface area contributed by atoms with E-state index < -0.39 is 6.04 Å². The van der Waals surface area contributed by atoms with Crippen LogP contribution in [0.15, 0.2) is 42.5 Å². The minimum atomic E-state index is -0.602. The largest absolute Gasteiger partial charge is 0.352 e. The molecule has 0 unspecified atom stereocenters. The highest BCUT2D eigenvalue weighted by Crippen LogP contribution is 2.25. The summed E-state index contributed by atoms with van der Waals surface area (Å²) in [5, 5.41) is 4.71. The van der Waals surface area contributed by atoms with E-state index in [9.17, 15) is 9.59 Å². The Hall–Kier alpha value is -1.40. The second-order valence-corrected chi connectivity index (χ2v) is 10.6. The molecular weight excluding hydrogens is 499 g/mol. The second-order valence-electron chi connectivity index (χ2n) is 8.37. The Labute approximate surface area is 215 Å². The summed E-state index contributed by atoms with van der Waals surface area (Å²) in [5.41, 5.74) is 1.81. The number of nitrogens with zero attached hydrogens (tertiary/aromatic N) is 1. The van der Waals surface area contributed by atoms with E-state index in [0.29, 0.717) is 20.8 Å². The summed E-state index contributed by atoms with van der Waals surface area (Å²) in [6, 6.07) is 12.5. The molecule has 0 spiro atoms. The minimum absolute atomic E-state index is 0.107. The fourth-order valence-corrected chi connectivity index (χ4v) is 5.45. The number of hydrogen-bond acceptors (Lipinski definition) is 3. The van der Waals surface area contributed by atoms with Gasteiger partial charge in [0.05, 0.1) is 15.8 Å². The third-order valence-electron chi connectivity index (χ3n) is 5.90. The third-order valence-corrected chi connectivity index (χ3v) is 7.97. The smallest absolute Gasteiger partial charge is 0.242 e. The summed E-state index contributed by atoms with van der Waals surface area (Å²) in [5.74, 6) is 0.637. The summed E-state index contributed by atoms with van der Waals surface area (Å²) >= 11 is 20.0. The first-order valence-corrected chi connectivity index (χ1v) is 13.5. The van der Waals surface area contributed by atoms with Gasteiger partial charge in [-0.2, -0.15) is 0 Å². The van der Waals surface area contributed by atoms with E-state index in [2.05, 4.69) is 5.32 Å². The van der Waals surface area contributed by atoms with Crippen molar-refractivity contribution >= 4 is 58.4 Å². The molecule has 0 aliphatic heterocycles. The molecule has 1 atom stereocenters. The lowest BCUT2D eigenvalue weighted by Gasteiger charge is -2.31. The number of thioether (sulfide) groups is 1. The zero-order valence-electron chi connectivity index (χ0n) is 18.7. The van der Waals surface area contributed by atoms with E-state index in [1.807, 2.05) is 30.3 Å². The number of nitrogens with one attached hydrogen (secondary N) is 1. The molecule has 0 radical (unpaired) electrons. The number of carbonyl (C=O) groups is 2. The molecule has 33 heavy (non-hydrogen) atoms. The third kappa shape index (κ3) is 7.81. The van der Waals surface area contributed by atoms with Gasteiger partial charge in [0.25, 0.3) is 0 Å². The zero-order valence-corrected chi connectivity index (χ0v) is 21.7. The SMILES string of the molecule is C[C@H](C(=O)NC1CCCCC1)N(Cc1ccc(Cl)c(Cl)c1)C(=O)CSCc1ccccc1Cl. The predicted molar refractivity (Wildman–Crippen MR) is 139 cm³/mol. The summed E-state index contributed by atoms with van der Waals surface area (Å²) in [6.07, 6.45) is 5.46. The van der Waals surface area contributed by atoms with E-state index in [-0.39, 0.29) is 30.2 Å². The molecule has 0 saturated heterocycles. The van der Waals surface area contributed by atoms with Crippen LogP contribution >= 0.6 is 46.6 Å². The van der Waals surface area contributed by atoms with E-state index in [1.165, 1.54) is 18.2 Å². The summed E-state index contributed by atoms with van der Waals surface area (Å²) in [7, 11) is 0. The lowest BCUT2D eigenvalue weighted by Crippen LogP contribution is -2.50. The Kier molecular flexibility index (Phi) is 10.2. The predicted octanol–water partition coefficient (Wildman–Crippen LogP) is 6.75. The number of benzene rings is 2. The zero-order chi connectivity index (χ0) is 23.8. The maximum atomic E-state index is 13.2. The van der Waals surface area contributed by atoms with Crippen molar-refractivity contribution in [3.05, 3.63) is 68.7 Å². The first-order chi connectivity index (χ1) is 15.8. The second kappa shape index (κ2) is 12.9. The Bertz CT molecular complexity index is 966. The monoisotopic (exact) mass is 526 g/mol. The van der Waals surface area contributed by atoms with Crippen LogP contribution in [0.25, 0.3) is 0 Å². The van der Waals surface area contributed by atoms with Crippen molar-refractivity contribution in [2.75, 3.05) is 5.75 Å². The average molecular weight is 528 g/mol. The molecule has 1 saturated carbocycles. The van der Waals surface area contributed by atoms with Gasteiger partial charge in [-0.25, -0.2) is 0 Å². The molecule has 0 heterocycles. The van der Waals surface area contributed by atoms with Crippen LogP contribution in [0.2, 0.25) is 15.1 Å². The fourth-order valence-electron chi connectivity index (χ4n) is 3.93. The topological polar surface area (TPSA) is 49.4 Å². The van der Waals surface area contributed by atoms with Gasteiger partial charge in [-0.1, -0.05) is 78.3 Å². The molecule has 4 nitrogen and oxygen atoms in total. The molecule has 2 aromatic rings. The molecule has 2 amide bonds. The van der Waals surface area contributed by atoms with Crippen LogP contribution in [-0.4, -0.2) is 34.6 Å². The van der Waals surface area contributed by atoms with Crippen LogP contribution in [-0.2, 0) is 21.9 Å². The Morgan fingerprint density at radius 2 is 1.76 bits per heavy atom. The van der Waals surface area contributed by atoms with Gasteiger partial charge >= 0.3 is 0 Å². The van der Waals surface area contributed by atoms with Crippen LogP contribution in [0.3, 0.4) is 0 Å². The van der Waals surface area contributed by atoms with Crippen LogP contribution in [0.1, 0.15) is 50.2 Å². The molecule has 1 aliphatic rings. The van der Waals surface area contributed by atoms with Gasteiger partial charge in [0.15, 0.2) is 0 Å². The lowest BCUT2D eigenvalue weighted by molar-refractivity contribution is -0.139. The molecule has 1 N–H and O–H groups in total. The molecule has 0 aromatic heterocycles. The van der Waals surface area contributed by atoms with Gasteiger partial charge in [-0.15, -0.1) is 11.8 Å². The van der Waals surface area contributed by atoms with Crippen molar-refractivity contribution in [2.24, 2.45) is 0 Å². The fraction of sp³-hybridized carbons (Fsp3) is 0.440. The van der Waals surface area contributed by atoms with Crippen molar-refractivity contribution in [2.45, 2.75) is 63.4 Å². The first kappa shape index (κ1) is 26.2. The van der Waals surface area contributed by atoms with Gasteiger partial charge in [-0.3, -0.25) is 9.59 Å².